The largest absolute Gasteiger partial charge is 0.495 e. The monoisotopic (exact) mass is 372 g/mol. The second kappa shape index (κ2) is 7.79. The molecule has 0 unspecified atom stereocenters. The molecule has 1 amide bonds. The number of aromatic nitrogens is 2. The third kappa shape index (κ3) is 4.25. The van der Waals surface area contributed by atoms with Crippen LogP contribution in [0.4, 0.5) is 21.6 Å². The number of nitrogens with zero attached hydrogens (tertiary/aromatic N) is 2. The van der Waals surface area contributed by atoms with Gasteiger partial charge in [0.15, 0.2) is 11.5 Å². The number of anilines is 3. The Hall–Kier alpha value is -3.19. The molecule has 0 aliphatic rings. The lowest BCUT2D eigenvalue weighted by Gasteiger charge is -2.10. The summed E-state index contributed by atoms with van der Waals surface area (Å²) in [5, 5.41) is 13.9. The number of rotatable bonds is 5. The van der Waals surface area contributed by atoms with Crippen molar-refractivity contribution in [1.82, 2.24) is 10.2 Å². The quantitative estimate of drug-likeness (QED) is 0.699. The standard InChI is InChI=1S/C18H14ClFN4O2/c1-26-16-8-2-11(19)10-15(16)22-18(25)14-7-9-17(24-23-14)21-13-5-3-12(20)4-6-13/h2-10H,1H3,(H,21,24)(H,22,25). The Morgan fingerprint density at radius 1 is 1.08 bits per heavy atom. The summed E-state index contributed by atoms with van der Waals surface area (Å²) in [5.74, 6) is 0.121. The minimum atomic E-state index is -0.452. The molecule has 0 fully saturated rings. The van der Waals surface area contributed by atoms with E-state index >= 15 is 0 Å². The summed E-state index contributed by atoms with van der Waals surface area (Å²) < 4.78 is 18.1. The zero-order valence-corrected chi connectivity index (χ0v) is 14.4. The first-order chi connectivity index (χ1) is 12.5. The van der Waals surface area contributed by atoms with Crippen molar-refractivity contribution in [2.24, 2.45) is 0 Å². The lowest BCUT2D eigenvalue weighted by atomic mass is 10.2. The Labute approximate surface area is 154 Å². The van der Waals surface area contributed by atoms with E-state index < -0.39 is 5.91 Å². The number of methoxy groups -OCH3 is 1. The molecule has 1 heterocycles. The minimum Gasteiger partial charge on any atom is -0.495 e. The van der Waals surface area contributed by atoms with Crippen LogP contribution in [-0.4, -0.2) is 23.2 Å². The Bertz CT molecular complexity index is 917. The Balaban J connectivity index is 1.71. The zero-order chi connectivity index (χ0) is 18.5. The second-order valence-corrected chi connectivity index (χ2v) is 5.67. The van der Waals surface area contributed by atoms with Crippen molar-refractivity contribution in [2.75, 3.05) is 17.7 Å². The van der Waals surface area contributed by atoms with Gasteiger partial charge in [0.2, 0.25) is 0 Å². The molecule has 0 spiro atoms. The molecular formula is C18H14ClFN4O2. The summed E-state index contributed by atoms with van der Waals surface area (Å²) in [5.41, 5.74) is 1.21. The highest BCUT2D eigenvalue weighted by atomic mass is 35.5. The average Bonchev–Trinajstić information content (AvgIpc) is 2.64. The number of carbonyl (C=O) groups is 1. The van der Waals surface area contributed by atoms with Gasteiger partial charge in [0.25, 0.3) is 5.91 Å². The van der Waals surface area contributed by atoms with Crippen molar-refractivity contribution in [3.8, 4) is 5.75 Å². The van der Waals surface area contributed by atoms with Gasteiger partial charge in [-0.25, -0.2) is 4.39 Å². The molecule has 2 aromatic carbocycles. The first kappa shape index (κ1) is 17.6. The van der Waals surface area contributed by atoms with Crippen molar-refractivity contribution in [3.05, 3.63) is 71.1 Å². The molecule has 3 aromatic rings. The molecule has 0 bridgehead atoms. The maximum absolute atomic E-state index is 12.9. The fraction of sp³-hybridized carbons (Fsp3) is 0.0556. The maximum Gasteiger partial charge on any atom is 0.276 e. The molecule has 0 saturated heterocycles. The molecule has 0 saturated carbocycles. The van der Waals surface area contributed by atoms with Gasteiger partial charge in [-0.3, -0.25) is 4.79 Å². The van der Waals surface area contributed by atoms with E-state index in [0.717, 1.165) is 0 Å². The number of halogens is 2. The van der Waals surface area contributed by atoms with Crippen LogP contribution in [0.15, 0.2) is 54.6 Å². The third-order valence-corrected chi connectivity index (χ3v) is 3.66. The number of hydrogen-bond donors (Lipinski definition) is 2. The summed E-state index contributed by atoms with van der Waals surface area (Å²) in [6, 6.07) is 13.8. The van der Waals surface area contributed by atoms with Crippen LogP contribution in [0.2, 0.25) is 5.02 Å². The number of hydrogen-bond acceptors (Lipinski definition) is 5. The van der Waals surface area contributed by atoms with Crippen molar-refractivity contribution < 1.29 is 13.9 Å². The molecule has 0 aliphatic carbocycles. The molecule has 2 N–H and O–H groups in total. The molecule has 6 nitrogen and oxygen atoms in total. The van der Waals surface area contributed by atoms with Crippen LogP contribution in [0.1, 0.15) is 10.5 Å². The van der Waals surface area contributed by atoms with Gasteiger partial charge in [-0.15, -0.1) is 10.2 Å². The highest BCUT2D eigenvalue weighted by Crippen LogP contribution is 2.28. The van der Waals surface area contributed by atoms with Gasteiger partial charge < -0.3 is 15.4 Å². The van der Waals surface area contributed by atoms with E-state index in [1.807, 2.05) is 0 Å². The molecule has 0 atom stereocenters. The molecule has 0 aliphatic heterocycles. The second-order valence-electron chi connectivity index (χ2n) is 5.23. The molecule has 8 heteroatoms. The molecule has 1 aromatic heterocycles. The van der Waals surface area contributed by atoms with Crippen molar-refractivity contribution in [2.45, 2.75) is 0 Å². The number of nitrogens with one attached hydrogen (secondary N) is 2. The van der Waals surface area contributed by atoms with Crippen LogP contribution in [0.3, 0.4) is 0 Å². The van der Waals surface area contributed by atoms with Gasteiger partial charge in [0.05, 0.1) is 12.8 Å². The molecule has 132 valence electrons. The Kier molecular flexibility index (Phi) is 5.28. The lowest BCUT2D eigenvalue weighted by molar-refractivity contribution is 0.102. The predicted molar refractivity (Wildman–Crippen MR) is 97.7 cm³/mol. The van der Waals surface area contributed by atoms with Crippen LogP contribution in [-0.2, 0) is 0 Å². The van der Waals surface area contributed by atoms with Crippen LogP contribution < -0.4 is 15.4 Å². The van der Waals surface area contributed by atoms with E-state index in [1.54, 1.807) is 36.4 Å². The van der Waals surface area contributed by atoms with Gasteiger partial charge in [0, 0.05) is 10.7 Å². The number of ether oxygens (including phenoxy) is 1. The topological polar surface area (TPSA) is 76.1 Å². The van der Waals surface area contributed by atoms with Crippen LogP contribution >= 0.6 is 11.6 Å². The minimum absolute atomic E-state index is 0.122. The van der Waals surface area contributed by atoms with Gasteiger partial charge >= 0.3 is 0 Å². The van der Waals surface area contributed by atoms with Crippen molar-refractivity contribution in [3.63, 3.8) is 0 Å². The van der Waals surface area contributed by atoms with Crippen LogP contribution in [0.25, 0.3) is 0 Å². The van der Waals surface area contributed by atoms with E-state index in [4.69, 9.17) is 16.3 Å². The Morgan fingerprint density at radius 3 is 2.50 bits per heavy atom. The highest BCUT2D eigenvalue weighted by Gasteiger charge is 2.12. The Morgan fingerprint density at radius 2 is 1.85 bits per heavy atom. The third-order valence-electron chi connectivity index (χ3n) is 3.42. The summed E-state index contributed by atoms with van der Waals surface area (Å²) >= 11 is 5.94. The van der Waals surface area contributed by atoms with E-state index in [0.29, 0.717) is 28.0 Å². The molecular weight excluding hydrogens is 359 g/mol. The number of benzene rings is 2. The SMILES string of the molecule is COc1ccc(Cl)cc1NC(=O)c1ccc(Nc2ccc(F)cc2)nn1. The average molecular weight is 373 g/mol. The zero-order valence-electron chi connectivity index (χ0n) is 13.7. The van der Waals surface area contributed by atoms with E-state index in [9.17, 15) is 9.18 Å². The van der Waals surface area contributed by atoms with Crippen LogP contribution in [0.5, 0.6) is 5.75 Å². The molecule has 26 heavy (non-hydrogen) atoms. The van der Waals surface area contributed by atoms with Gasteiger partial charge in [-0.05, 0) is 54.6 Å². The van der Waals surface area contributed by atoms with Crippen LogP contribution in [0, 0.1) is 5.82 Å². The summed E-state index contributed by atoms with van der Waals surface area (Å²) in [4.78, 5) is 12.3. The fourth-order valence-corrected chi connectivity index (χ4v) is 2.34. The van der Waals surface area contributed by atoms with E-state index in [1.165, 1.54) is 25.3 Å². The van der Waals surface area contributed by atoms with E-state index in [-0.39, 0.29) is 11.5 Å². The summed E-state index contributed by atoms with van der Waals surface area (Å²) in [7, 11) is 1.49. The first-order valence-electron chi connectivity index (χ1n) is 7.56. The first-order valence-corrected chi connectivity index (χ1v) is 7.94. The predicted octanol–water partition coefficient (Wildman–Crippen LogP) is 4.27. The van der Waals surface area contributed by atoms with Gasteiger partial charge in [0.1, 0.15) is 11.6 Å². The summed E-state index contributed by atoms with van der Waals surface area (Å²) in [6.07, 6.45) is 0. The maximum atomic E-state index is 12.9. The molecule has 3 rings (SSSR count). The van der Waals surface area contributed by atoms with E-state index in [2.05, 4.69) is 20.8 Å². The van der Waals surface area contributed by atoms with Crippen molar-refractivity contribution in [1.29, 1.82) is 0 Å². The van der Waals surface area contributed by atoms with Crippen molar-refractivity contribution >= 4 is 34.7 Å². The molecule has 0 radical (unpaired) electrons. The normalized spacial score (nSPS) is 10.3. The smallest absolute Gasteiger partial charge is 0.276 e. The highest BCUT2D eigenvalue weighted by molar-refractivity contribution is 6.31. The van der Waals surface area contributed by atoms with Gasteiger partial charge in [-0.2, -0.15) is 0 Å². The fourth-order valence-electron chi connectivity index (χ4n) is 2.17. The number of carbonyl (C=O) groups excluding carboxylic acids is 1. The van der Waals surface area contributed by atoms with Gasteiger partial charge in [-0.1, -0.05) is 11.6 Å². The number of amides is 1. The summed E-state index contributed by atoms with van der Waals surface area (Å²) in [6.45, 7) is 0. The lowest BCUT2D eigenvalue weighted by Crippen LogP contribution is -2.15.